The van der Waals surface area contributed by atoms with Crippen molar-refractivity contribution in [1.29, 1.82) is 0 Å². The maximum absolute atomic E-state index is 12.5. The first-order chi connectivity index (χ1) is 14.7. The highest BCUT2D eigenvalue weighted by molar-refractivity contribution is 14.1. The third-order valence-electron chi connectivity index (χ3n) is 6.46. The average Bonchev–Trinajstić information content (AvgIpc) is 3.02. The number of fused-ring (bicyclic) bond motifs is 2. The lowest BCUT2D eigenvalue weighted by atomic mass is 9.82. The molecule has 9 atom stereocenters. The normalized spacial score (nSPS) is 38.1. The van der Waals surface area contributed by atoms with E-state index in [9.17, 15) is 14.7 Å². The smallest absolute Gasteiger partial charge is 0.308 e. The van der Waals surface area contributed by atoms with Crippen LogP contribution in [0.3, 0.4) is 0 Å². The molecule has 0 aliphatic carbocycles. The standard InChI is InChI=1S/C22H32ClIO7/c1-11(24)8-13(23)4-5-14(25)9-17-19(27)22-21(31-17)12(2)20-16(30-22)7-6-15(29-20)10-18(26)28-3/h12-13,15-17,19-22,27H,1,4-10H2,2-3H3/t12-,13+,15+,16-,17?,19-,20+,21-,22?/m0/s1. The number of rotatable bonds is 9. The molecule has 1 N–H and O–H groups in total. The van der Waals surface area contributed by atoms with Crippen LogP contribution >= 0.6 is 34.2 Å². The zero-order valence-electron chi connectivity index (χ0n) is 18.0. The van der Waals surface area contributed by atoms with Gasteiger partial charge in [0, 0.05) is 24.1 Å². The van der Waals surface area contributed by atoms with Crippen molar-refractivity contribution in [3.8, 4) is 0 Å². The van der Waals surface area contributed by atoms with Gasteiger partial charge in [-0.25, -0.2) is 0 Å². The summed E-state index contributed by atoms with van der Waals surface area (Å²) in [7, 11) is 1.37. The Hall–Kier alpha value is -0.260. The Bertz CT molecular complexity index is 674. The summed E-state index contributed by atoms with van der Waals surface area (Å²) in [6, 6.07) is 0. The van der Waals surface area contributed by atoms with Crippen molar-refractivity contribution in [3.63, 3.8) is 0 Å². The van der Waals surface area contributed by atoms with Crippen LogP contribution in [0.2, 0.25) is 0 Å². The summed E-state index contributed by atoms with van der Waals surface area (Å²) in [5, 5.41) is 10.7. The highest BCUT2D eigenvalue weighted by atomic mass is 127. The van der Waals surface area contributed by atoms with Crippen molar-refractivity contribution in [2.45, 2.75) is 100.0 Å². The predicted octanol–water partition coefficient (Wildman–Crippen LogP) is 3.31. The first-order valence-corrected chi connectivity index (χ1v) is 12.4. The minimum atomic E-state index is -0.855. The lowest BCUT2D eigenvalue weighted by molar-refractivity contribution is -0.240. The first-order valence-electron chi connectivity index (χ1n) is 10.9. The SMILES string of the molecule is C=C(I)C[C@H](Cl)CCC(=O)CC1O[C@@H]2C(O[C@H]3CC[C@H](CC(=O)OC)O[C@@H]3[C@@H]2C)[C@H]1O. The molecule has 7 nitrogen and oxygen atoms in total. The number of alkyl halides is 1. The largest absolute Gasteiger partial charge is 0.469 e. The molecule has 3 rings (SSSR count). The molecule has 3 fully saturated rings. The second kappa shape index (κ2) is 11.2. The number of methoxy groups -OCH3 is 1. The molecular weight excluding hydrogens is 539 g/mol. The molecule has 3 saturated heterocycles. The van der Waals surface area contributed by atoms with Crippen LogP contribution in [0.15, 0.2) is 10.2 Å². The average molecular weight is 571 g/mol. The molecule has 3 heterocycles. The maximum Gasteiger partial charge on any atom is 0.308 e. The number of ketones is 1. The Morgan fingerprint density at radius 2 is 1.94 bits per heavy atom. The van der Waals surface area contributed by atoms with Gasteiger partial charge in [0.05, 0.1) is 44.1 Å². The zero-order valence-corrected chi connectivity index (χ0v) is 20.9. The van der Waals surface area contributed by atoms with E-state index in [4.69, 9.17) is 30.5 Å². The van der Waals surface area contributed by atoms with E-state index in [2.05, 4.69) is 29.2 Å². The van der Waals surface area contributed by atoms with E-state index in [0.29, 0.717) is 25.7 Å². The number of carbonyl (C=O) groups excluding carboxylic acids is 2. The van der Waals surface area contributed by atoms with Gasteiger partial charge in [0.25, 0.3) is 0 Å². The predicted molar refractivity (Wildman–Crippen MR) is 123 cm³/mol. The fourth-order valence-electron chi connectivity index (χ4n) is 4.81. The summed E-state index contributed by atoms with van der Waals surface area (Å²) >= 11 is 8.38. The van der Waals surface area contributed by atoms with Crippen LogP contribution in [0.5, 0.6) is 0 Å². The van der Waals surface area contributed by atoms with E-state index < -0.39 is 18.3 Å². The summed E-state index contributed by atoms with van der Waals surface area (Å²) in [5.74, 6) is -0.300. The number of Topliss-reactive ketones (excluding diaryl/α,β-unsaturated/α-hetero) is 1. The van der Waals surface area contributed by atoms with Gasteiger partial charge < -0.3 is 24.1 Å². The maximum atomic E-state index is 12.5. The minimum Gasteiger partial charge on any atom is -0.469 e. The van der Waals surface area contributed by atoms with Crippen LogP contribution < -0.4 is 0 Å². The summed E-state index contributed by atoms with van der Waals surface area (Å²) in [4.78, 5) is 24.1. The highest BCUT2D eigenvalue weighted by Crippen LogP contribution is 2.42. The molecule has 2 unspecified atom stereocenters. The number of aliphatic hydroxyl groups excluding tert-OH is 1. The minimum absolute atomic E-state index is 0.0203. The molecule has 0 saturated carbocycles. The van der Waals surface area contributed by atoms with Crippen molar-refractivity contribution < 1.29 is 33.6 Å². The molecule has 3 aliphatic rings. The zero-order chi connectivity index (χ0) is 22.7. The number of ether oxygens (including phenoxy) is 4. The number of aliphatic hydroxyl groups is 1. The fraction of sp³-hybridized carbons (Fsp3) is 0.818. The highest BCUT2D eigenvalue weighted by Gasteiger charge is 2.55. The second-order valence-electron chi connectivity index (χ2n) is 8.81. The molecule has 0 aromatic heterocycles. The van der Waals surface area contributed by atoms with Crippen LogP contribution in [0, 0.1) is 5.92 Å². The van der Waals surface area contributed by atoms with E-state index in [1.807, 2.05) is 6.92 Å². The van der Waals surface area contributed by atoms with Crippen molar-refractivity contribution in [3.05, 3.63) is 10.2 Å². The molecule has 3 aliphatic heterocycles. The lowest BCUT2D eigenvalue weighted by Crippen LogP contribution is -2.57. The molecule has 9 heteroatoms. The monoisotopic (exact) mass is 570 g/mol. The Labute approximate surface area is 202 Å². The van der Waals surface area contributed by atoms with E-state index in [0.717, 1.165) is 10.0 Å². The van der Waals surface area contributed by atoms with Crippen molar-refractivity contribution in [2.24, 2.45) is 5.92 Å². The number of hydrogen-bond acceptors (Lipinski definition) is 7. The van der Waals surface area contributed by atoms with Gasteiger partial charge in [-0.3, -0.25) is 9.59 Å². The third-order valence-corrected chi connectivity index (χ3v) is 7.27. The molecule has 0 aromatic rings. The van der Waals surface area contributed by atoms with Crippen LogP contribution in [0.1, 0.15) is 51.9 Å². The van der Waals surface area contributed by atoms with Gasteiger partial charge >= 0.3 is 5.97 Å². The molecule has 0 radical (unpaired) electrons. The Kier molecular flexibility index (Phi) is 9.20. The molecule has 0 amide bonds. The van der Waals surface area contributed by atoms with Gasteiger partial charge in [0.2, 0.25) is 0 Å². The molecular formula is C22H32ClIO7. The van der Waals surface area contributed by atoms with Gasteiger partial charge in [-0.15, -0.1) is 11.6 Å². The summed E-state index contributed by atoms with van der Waals surface area (Å²) in [6.45, 7) is 5.85. The van der Waals surface area contributed by atoms with Crippen LogP contribution in [-0.4, -0.2) is 72.1 Å². The third kappa shape index (κ3) is 6.41. The van der Waals surface area contributed by atoms with Gasteiger partial charge in [-0.2, -0.15) is 0 Å². The molecule has 0 bridgehead atoms. The fourth-order valence-corrected chi connectivity index (χ4v) is 5.90. The molecule has 31 heavy (non-hydrogen) atoms. The van der Waals surface area contributed by atoms with E-state index in [-0.39, 0.29) is 60.3 Å². The van der Waals surface area contributed by atoms with Crippen molar-refractivity contribution in [2.75, 3.05) is 7.11 Å². The topological polar surface area (TPSA) is 91.3 Å². The summed E-state index contributed by atoms with van der Waals surface area (Å²) < 4.78 is 24.1. The number of hydrogen-bond donors (Lipinski definition) is 1. The molecule has 0 spiro atoms. The van der Waals surface area contributed by atoms with Crippen molar-refractivity contribution >= 4 is 45.9 Å². The van der Waals surface area contributed by atoms with E-state index in [1.165, 1.54) is 7.11 Å². The van der Waals surface area contributed by atoms with Gasteiger partial charge in [0.15, 0.2) is 0 Å². The molecule has 0 aromatic carbocycles. The lowest BCUT2D eigenvalue weighted by Gasteiger charge is -2.47. The summed E-state index contributed by atoms with van der Waals surface area (Å²) in [6.07, 6.45) is 0.536. The van der Waals surface area contributed by atoms with Gasteiger partial charge in [-0.05, 0) is 51.9 Å². The number of allylic oxidation sites excluding steroid dienone is 1. The van der Waals surface area contributed by atoms with Crippen LogP contribution in [-0.2, 0) is 28.5 Å². The van der Waals surface area contributed by atoms with Gasteiger partial charge in [-0.1, -0.05) is 13.5 Å². The van der Waals surface area contributed by atoms with Crippen molar-refractivity contribution in [1.82, 2.24) is 0 Å². The Balaban J connectivity index is 1.54. The first kappa shape index (κ1) is 25.4. The number of carbonyl (C=O) groups is 2. The summed E-state index contributed by atoms with van der Waals surface area (Å²) in [5.41, 5.74) is 0. The number of esters is 1. The second-order valence-corrected chi connectivity index (χ2v) is 11.0. The van der Waals surface area contributed by atoms with Crippen LogP contribution in [0.25, 0.3) is 0 Å². The van der Waals surface area contributed by atoms with E-state index >= 15 is 0 Å². The molecule has 176 valence electrons. The Morgan fingerprint density at radius 3 is 2.61 bits per heavy atom. The van der Waals surface area contributed by atoms with E-state index in [1.54, 1.807) is 0 Å². The number of halogens is 2. The van der Waals surface area contributed by atoms with Gasteiger partial charge in [0.1, 0.15) is 18.0 Å². The Morgan fingerprint density at radius 1 is 1.19 bits per heavy atom. The van der Waals surface area contributed by atoms with Crippen LogP contribution in [0.4, 0.5) is 0 Å². The quantitative estimate of drug-likeness (QED) is 0.258.